The standard InChI is InChI=1S/C8H15NO3/c1-5-3-4-6(12-5)7(9)8(10)11-2/h5-7H,3-4,9H2,1-2H3. The summed E-state index contributed by atoms with van der Waals surface area (Å²) in [7, 11) is 1.33. The maximum absolute atomic E-state index is 11.0. The van der Waals surface area contributed by atoms with Crippen LogP contribution >= 0.6 is 0 Å². The van der Waals surface area contributed by atoms with E-state index in [1.165, 1.54) is 7.11 Å². The number of methoxy groups -OCH3 is 1. The monoisotopic (exact) mass is 173 g/mol. The average Bonchev–Trinajstić information content (AvgIpc) is 2.49. The topological polar surface area (TPSA) is 61.5 Å². The molecule has 3 unspecified atom stereocenters. The summed E-state index contributed by atoms with van der Waals surface area (Å²) in [6, 6.07) is -0.625. The molecule has 1 saturated heterocycles. The lowest BCUT2D eigenvalue weighted by Gasteiger charge is -2.16. The van der Waals surface area contributed by atoms with E-state index < -0.39 is 12.0 Å². The molecule has 70 valence electrons. The van der Waals surface area contributed by atoms with E-state index in [9.17, 15) is 4.79 Å². The van der Waals surface area contributed by atoms with E-state index in [0.717, 1.165) is 12.8 Å². The molecule has 1 heterocycles. The van der Waals surface area contributed by atoms with Crippen molar-refractivity contribution in [2.75, 3.05) is 7.11 Å². The Bertz CT molecular complexity index is 172. The number of rotatable bonds is 2. The molecule has 3 atom stereocenters. The van der Waals surface area contributed by atoms with Crippen LogP contribution in [-0.2, 0) is 14.3 Å². The first-order valence-corrected chi connectivity index (χ1v) is 4.14. The average molecular weight is 173 g/mol. The van der Waals surface area contributed by atoms with Crippen LogP contribution in [0.2, 0.25) is 0 Å². The summed E-state index contributed by atoms with van der Waals surface area (Å²) < 4.78 is 9.94. The highest BCUT2D eigenvalue weighted by Gasteiger charge is 2.32. The normalized spacial score (nSPS) is 31.6. The van der Waals surface area contributed by atoms with Crippen molar-refractivity contribution in [1.29, 1.82) is 0 Å². The van der Waals surface area contributed by atoms with Crippen molar-refractivity contribution in [2.24, 2.45) is 5.73 Å². The molecule has 0 spiro atoms. The van der Waals surface area contributed by atoms with Crippen molar-refractivity contribution in [3.63, 3.8) is 0 Å². The summed E-state index contributed by atoms with van der Waals surface area (Å²) in [5.41, 5.74) is 5.60. The predicted molar refractivity (Wildman–Crippen MR) is 43.6 cm³/mol. The lowest BCUT2D eigenvalue weighted by molar-refractivity contribution is -0.145. The van der Waals surface area contributed by atoms with Crippen LogP contribution in [-0.4, -0.2) is 31.3 Å². The Balaban J connectivity index is 2.42. The van der Waals surface area contributed by atoms with Gasteiger partial charge in [-0.3, -0.25) is 4.79 Å². The van der Waals surface area contributed by atoms with Crippen LogP contribution in [0, 0.1) is 0 Å². The Kier molecular flexibility index (Phi) is 3.05. The second-order valence-corrected chi connectivity index (χ2v) is 3.11. The molecule has 4 nitrogen and oxygen atoms in total. The van der Waals surface area contributed by atoms with E-state index in [1.807, 2.05) is 6.92 Å². The first-order valence-electron chi connectivity index (χ1n) is 4.14. The molecule has 0 aromatic heterocycles. The van der Waals surface area contributed by atoms with Crippen molar-refractivity contribution in [3.05, 3.63) is 0 Å². The third-order valence-corrected chi connectivity index (χ3v) is 2.14. The molecule has 1 rings (SSSR count). The van der Waals surface area contributed by atoms with Gasteiger partial charge in [0, 0.05) is 0 Å². The van der Waals surface area contributed by atoms with E-state index in [4.69, 9.17) is 10.5 Å². The molecule has 0 aromatic carbocycles. The van der Waals surface area contributed by atoms with E-state index in [2.05, 4.69) is 4.74 Å². The Hall–Kier alpha value is -0.610. The van der Waals surface area contributed by atoms with Gasteiger partial charge < -0.3 is 15.2 Å². The van der Waals surface area contributed by atoms with Gasteiger partial charge in [0.2, 0.25) is 0 Å². The molecular formula is C8H15NO3. The molecule has 0 saturated carbocycles. The van der Waals surface area contributed by atoms with Gasteiger partial charge in [0.05, 0.1) is 19.3 Å². The van der Waals surface area contributed by atoms with E-state index in [1.54, 1.807) is 0 Å². The summed E-state index contributed by atoms with van der Waals surface area (Å²) in [5.74, 6) is -0.394. The molecule has 0 amide bonds. The Morgan fingerprint density at radius 3 is 2.75 bits per heavy atom. The Labute approximate surface area is 72.0 Å². The quantitative estimate of drug-likeness (QED) is 0.599. The minimum absolute atomic E-state index is 0.160. The second-order valence-electron chi connectivity index (χ2n) is 3.11. The summed E-state index contributed by atoms with van der Waals surface area (Å²) in [5, 5.41) is 0. The van der Waals surface area contributed by atoms with Crippen LogP contribution in [0.4, 0.5) is 0 Å². The van der Waals surface area contributed by atoms with Gasteiger partial charge in [-0.15, -0.1) is 0 Å². The smallest absolute Gasteiger partial charge is 0.325 e. The molecule has 2 N–H and O–H groups in total. The highest BCUT2D eigenvalue weighted by Crippen LogP contribution is 2.21. The number of esters is 1. The molecule has 0 aliphatic carbocycles. The van der Waals surface area contributed by atoms with Gasteiger partial charge in [0.25, 0.3) is 0 Å². The molecule has 1 aliphatic heterocycles. The number of hydrogen-bond donors (Lipinski definition) is 1. The molecule has 0 radical (unpaired) electrons. The Morgan fingerprint density at radius 2 is 2.33 bits per heavy atom. The van der Waals surface area contributed by atoms with E-state index in [-0.39, 0.29) is 12.2 Å². The molecule has 4 heteroatoms. The number of hydrogen-bond acceptors (Lipinski definition) is 4. The van der Waals surface area contributed by atoms with Gasteiger partial charge in [-0.2, -0.15) is 0 Å². The van der Waals surface area contributed by atoms with Crippen LogP contribution in [0.1, 0.15) is 19.8 Å². The molecule has 1 fully saturated rings. The lowest BCUT2D eigenvalue weighted by atomic mass is 10.1. The van der Waals surface area contributed by atoms with Crippen LogP contribution in [0.3, 0.4) is 0 Å². The van der Waals surface area contributed by atoms with Gasteiger partial charge in [-0.25, -0.2) is 0 Å². The lowest BCUT2D eigenvalue weighted by Crippen LogP contribution is -2.42. The zero-order chi connectivity index (χ0) is 9.14. The third kappa shape index (κ3) is 1.95. The second kappa shape index (κ2) is 3.87. The van der Waals surface area contributed by atoms with Gasteiger partial charge in [-0.1, -0.05) is 0 Å². The fourth-order valence-corrected chi connectivity index (χ4v) is 1.39. The zero-order valence-corrected chi connectivity index (χ0v) is 7.45. The first-order chi connectivity index (χ1) is 5.65. The number of nitrogens with two attached hydrogens (primary N) is 1. The largest absolute Gasteiger partial charge is 0.468 e. The van der Waals surface area contributed by atoms with Crippen molar-refractivity contribution >= 4 is 5.97 Å². The highest BCUT2D eigenvalue weighted by molar-refractivity contribution is 5.76. The molecular weight excluding hydrogens is 158 g/mol. The Morgan fingerprint density at radius 1 is 1.67 bits per heavy atom. The van der Waals surface area contributed by atoms with Gasteiger partial charge in [0.15, 0.2) is 0 Å². The van der Waals surface area contributed by atoms with Crippen LogP contribution in [0.15, 0.2) is 0 Å². The molecule has 0 aromatic rings. The fraction of sp³-hybridized carbons (Fsp3) is 0.875. The van der Waals surface area contributed by atoms with Crippen LogP contribution in [0.25, 0.3) is 0 Å². The summed E-state index contributed by atoms with van der Waals surface area (Å²) in [6.07, 6.45) is 1.87. The van der Waals surface area contributed by atoms with Gasteiger partial charge >= 0.3 is 5.97 Å². The van der Waals surface area contributed by atoms with E-state index in [0.29, 0.717) is 0 Å². The molecule has 1 aliphatic rings. The molecule has 0 bridgehead atoms. The number of ether oxygens (including phenoxy) is 2. The van der Waals surface area contributed by atoms with Crippen LogP contribution in [0.5, 0.6) is 0 Å². The zero-order valence-electron chi connectivity index (χ0n) is 7.45. The number of carbonyl (C=O) groups excluding carboxylic acids is 1. The third-order valence-electron chi connectivity index (χ3n) is 2.14. The van der Waals surface area contributed by atoms with Gasteiger partial charge in [0.1, 0.15) is 6.04 Å². The maximum atomic E-state index is 11.0. The summed E-state index contributed by atoms with van der Waals surface area (Å²) in [6.45, 7) is 1.98. The van der Waals surface area contributed by atoms with Crippen molar-refractivity contribution < 1.29 is 14.3 Å². The minimum atomic E-state index is -0.625. The summed E-state index contributed by atoms with van der Waals surface area (Å²) >= 11 is 0. The fourth-order valence-electron chi connectivity index (χ4n) is 1.39. The first kappa shape index (κ1) is 9.48. The predicted octanol–water partition coefficient (Wildman–Crippen LogP) is 0.0542. The SMILES string of the molecule is COC(=O)C(N)C1CCC(C)O1. The van der Waals surface area contributed by atoms with Crippen molar-refractivity contribution in [1.82, 2.24) is 0 Å². The van der Waals surface area contributed by atoms with Gasteiger partial charge in [-0.05, 0) is 19.8 Å². The van der Waals surface area contributed by atoms with E-state index >= 15 is 0 Å². The van der Waals surface area contributed by atoms with Crippen molar-refractivity contribution in [2.45, 2.75) is 38.0 Å². The van der Waals surface area contributed by atoms with Crippen molar-refractivity contribution in [3.8, 4) is 0 Å². The number of carbonyl (C=O) groups is 1. The maximum Gasteiger partial charge on any atom is 0.325 e. The summed E-state index contributed by atoms with van der Waals surface area (Å²) in [4.78, 5) is 11.0. The van der Waals surface area contributed by atoms with Crippen LogP contribution < -0.4 is 5.73 Å². The molecule has 12 heavy (non-hydrogen) atoms. The highest BCUT2D eigenvalue weighted by atomic mass is 16.5. The minimum Gasteiger partial charge on any atom is -0.468 e.